The van der Waals surface area contributed by atoms with Crippen LogP contribution in [0.15, 0.2) is 112 Å². The van der Waals surface area contributed by atoms with Crippen LogP contribution in [0.5, 0.6) is 11.5 Å². The molecule has 4 rings (SSSR count). The van der Waals surface area contributed by atoms with Crippen molar-refractivity contribution in [3.63, 3.8) is 0 Å². The van der Waals surface area contributed by atoms with E-state index >= 15 is 0 Å². The quantitative estimate of drug-likeness (QED) is 0.0905. The minimum atomic E-state index is -1.09. The van der Waals surface area contributed by atoms with Crippen LogP contribution in [0.3, 0.4) is 0 Å². The highest BCUT2D eigenvalue weighted by atomic mass is 79.9. The van der Waals surface area contributed by atoms with Gasteiger partial charge in [-0.1, -0.05) is 52.3 Å². The summed E-state index contributed by atoms with van der Waals surface area (Å²) in [6, 6.07) is 27.6. The molecule has 44 heavy (non-hydrogen) atoms. The predicted molar refractivity (Wildman–Crippen MR) is 176 cm³/mol. The lowest BCUT2D eigenvalue weighted by molar-refractivity contribution is -0.111. The fourth-order valence-corrected chi connectivity index (χ4v) is 5.47. The number of phenols is 1. The number of nitriles is 1. The largest absolute Gasteiger partial charge is 0.506 e. The molecule has 9 nitrogen and oxygen atoms in total. The van der Waals surface area contributed by atoms with Crippen LogP contribution in [0.1, 0.15) is 30.1 Å². The smallest absolute Gasteiger partial charge is 0.412 e. The van der Waals surface area contributed by atoms with E-state index in [0.29, 0.717) is 55.7 Å². The number of carbonyl (C=O) groups is 2. The summed E-state index contributed by atoms with van der Waals surface area (Å²) in [5.41, 5.74) is 8.02. The summed E-state index contributed by atoms with van der Waals surface area (Å²) in [6.07, 6.45) is 1.05. The Bertz CT molecular complexity index is 1670. The van der Waals surface area contributed by atoms with Gasteiger partial charge in [-0.3, -0.25) is 10.1 Å². The number of halogens is 2. The summed E-state index contributed by atoms with van der Waals surface area (Å²) in [4.78, 5) is 25.7. The standard InChI is InChI=1S/C33H28Br2N4O5/c34-22-18-25(31(41)26(35)19-22)32(44-33(42)38-23-16-14-21(20-36)15-17-23)29(43-24-8-2-1-3-9-24)12-6-7-13-30(40)39-28-11-5-4-10-27(28)37/h1-5,7-11,13-19,29,32,41H,6,12,37H2,(H,38,42)(H,39,40)/b13-7+/t29-,32-/m0/s1. The number of carbonyl (C=O) groups excluding carboxylic acids is 2. The Labute approximate surface area is 271 Å². The summed E-state index contributed by atoms with van der Waals surface area (Å²) in [7, 11) is 0. The van der Waals surface area contributed by atoms with E-state index in [1.165, 1.54) is 6.08 Å². The Kier molecular flexibility index (Phi) is 11.4. The Morgan fingerprint density at radius 3 is 2.39 bits per heavy atom. The van der Waals surface area contributed by atoms with Crippen molar-refractivity contribution >= 4 is 60.9 Å². The molecule has 0 aliphatic rings. The number of benzene rings is 4. The van der Waals surface area contributed by atoms with Crippen molar-refractivity contribution in [1.82, 2.24) is 0 Å². The van der Waals surface area contributed by atoms with Gasteiger partial charge in [-0.25, -0.2) is 4.79 Å². The minimum Gasteiger partial charge on any atom is -0.506 e. The molecule has 5 N–H and O–H groups in total. The van der Waals surface area contributed by atoms with E-state index in [9.17, 15) is 14.7 Å². The number of amides is 2. The van der Waals surface area contributed by atoms with Crippen LogP contribution in [0.2, 0.25) is 0 Å². The third-order valence-electron chi connectivity index (χ3n) is 6.33. The molecule has 0 saturated carbocycles. The number of nitrogen functional groups attached to an aromatic ring is 1. The summed E-state index contributed by atoms with van der Waals surface area (Å²) in [5.74, 6) is 0.0430. The van der Waals surface area contributed by atoms with Crippen LogP contribution in [-0.2, 0) is 9.53 Å². The van der Waals surface area contributed by atoms with Crippen molar-refractivity contribution in [1.29, 1.82) is 5.26 Å². The Morgan fingerprint density at radius 2 is 1.68 bits per heavy atom. The van der Waals surface area contributed by atoms with Gasteiger partial charge in [-0.2, -0.15) is 5.26 Å². The average molecular weight is 720 g/mol. The Morgan fingerprint density at radius 1 is 0.977 bits per heavy atom. The second-order valence-corrected chi connectivity index (χ2v) is 11.3. The molecule has 0 unspecified atom stereocenters. The normalized spacial score (nSPS) is 12.1. The molecule has 0 aromatic heterocycles. The zero-order chi connectivity index (χ0) is 31.5. The maximum Gasteiger partial charge on any atom is 0.412 e. The molecule has 11 heteroatoms. The maximum absolute atomic E-state index is 13.2. The van der Waals surface area contributed by atoms with Crippen molar-refractivity contribution in [3.05, 3.63) is 123 Å². The first-order valence-electron chi connectivity index (χ1n) is 13.4. The second kappa shape index (κ2) is 15.6. The number of ether oxygens (including phenoxy) is 2. The fourth-order valence-electron chi connectivity index (χ4n) is 4.22. The lowest BCUT2D eigenvalue weighted by Gasteiger charge is -2.29. The maximum atomic E-state index is 13.2. The Hall–Kier alpha value is -4.79. The van der Waals surface area contributed by atoms with E-state index in [0.717, 1.165) is 0 Å². The molecule has 4 aromatic rings. The number of rotatable bonds is 11. The summed E-state index contributed by atoms with van der Waals surface area (Å²) in [6.45, 7) is 0. The number of nitrogens with zero attached hydrogens (tertiary/aromatic N) is 1. The van der Waals surface area contributed by atoms with E-state index in [1.807, 2.05) is 24.3 Å². The molecule has 0 heterocycles. The van der Waals surface area contributed by atoms with E-state index < -0.39 is 18.3 Å². The molecule has 0 bridgehead atoms. The molecular weight excluding hydrogens is 692 g/mol. The van der Waals surface area contributed by atoms with Gasteiger partial charge in [0.15, 0.2) is 6.10 Å². The molecular formula is C33H28Br2N4O5. The number of nitrogens with two attached hydrogens (primary N) is 1. The number of aromatic hydroxyl groups is 1. The highest BCUT2D eigenvalue weighted by Crippen LogP contribution is 2.40. The molecule has 2 amide bonds. The average Bonchev–Trinajstić information content (AvgIpc) is 3.01. The summed E-state index contributed by atoms with van der Waals surface area (Å²) >= 11 is 6.81. The molecule has 4 aromatic carbocycles. The van der Waals surface area contributed by atoms with Crippen LogP contribution in [-0.4, -0.2) is 23.2 Å². The molecule has 0 aliphatic heterocycles. The number of phenolic OH excluding ortho intramolecular Hbond substituents is 1. The number of nitrogens with one attached hydrogen (secondary N) is 2. The van der Waals surface area contributed by atoms with Crippen molar-refractivity contribution < 1.29 is 24.2 Å². The van der Waals surface area contributed by atoms with Gasteiger partial charge in [-0.15, -0.1) is 0 Å². The van der Waals surface area contributed by atoms with Gasteiger partial charge in [0, 0.05) is 15.7 Å². The van der Waals surface area contributed by atoms with Crippen LogP contribution < -0.4 is 21.1 Å². The van der Waals surface area contributed by atoms with Gasteiger partial charge in [-0.05, 0) is 95.5 Å². The van der Waals surface area contributed by atoms with E-state index in [-0.39, 0.29) is 11.7 Å². The van der Waals surface area contributed by atoms with Crippen molar-refractivity contribution in [2.45, 2.75) is 25.0 Å². The SMILES string of the molecule is N#Cc1ccc(NC(=O)O[C@@H](c2cc(Br)cc(Br)c2O)[C@H](CC/C=C/C(=O)Nc2ccccc2N)Oc2ccccc2)cc1. The first kappa shape index (κ1) is 32.1. The van der Waals surface area contributed by atoms with E-state index in [1.54, 1.807) is 78.9 Å². The molecule has 0 saturated heterocycles. The second-order valence-electron chi connectivity index (χ2n) is 9.49. The third-order valence-corrected chi connectivity index (χ3v) is 7.39. The minimum absolute atomic E-state index is 0.124. The fraction of sp³-hybridized carbons (Fsp3) is 0.121. The van der Waals surface area contributed by atoms with Crippen LogP contribution in [0, 0.1) is 11.3 Å². The zero-order valence-electron chi connectivity index (χ0n) is 23.2. The van der Waals surface area contributed by atoms with Crippen LogP contribution in [0.25, 0.3) is 0 Å². The molecule has 0 spiro atoms. The van der Waals surface area contributed by atoms with Crippen molar-refractivity contribution in [3.8, 4) is 17.6 Å². The lowest BCUT2D eigenvalue weighted by Crippen LogP contribution is -2.31. The Balaban J connectivity index is 1.59. The number of allylic oxidation sites excluding steroid dienone is 1. The topological polar surface area (TPSA) is 147 Å². The third kappa shape index (κ3) is 9.10. The van der Waals surface area contributed by atoms with Gasteiger partial charge >= 0.3 is 6.09 Å². The number of hydrogen-bond acceptors (Lipinski definition) is 7. The predicted octanol–water partition coefficient (Wildman–Crippen LogP) is 8.08. The van der Waals surface area contributed by atoms with E-state index in [2.05, 4.69) is 42.5 Å². The van der Waals surface area contributed by atoms with E-state index in [4.69, 9.17) is 20.5 Å². The highest BCUT2D eigenvalue weighted by Gasteiger charge is 2.32. The van der Waals surface area contributed by atoms with Gasteiger partial charge < -0.3 is 25.6 Å². The molecule has 0 fully saturated rings. The van der Waals surface area contributed by atoms with Gasteiger partial charge in [0.05, 0.1) is 27.5 Å². The van der Waals surface area contributed by atoms with Crippen LogP contribution in [0.4, 0.5) is 21.9 Å². The number of hydrogen-bond donors (Lipinski definition) is 4. The molecule has 0 aliphatic carbocycles. The van der Waals surface area contributed by atoms with Gasteiger partial charge in [0.2, 0.25) is 5.91 Å². The molecule has 2 atom stereocenters. The lowest BCUT2D eigenvalue weighted by atomic mass is 9.99. The van der Waals surface area contributed by atoms with Gasteiger partial charge in [0.25, 0.3) is 0 Å². The number of anilines is 3. The summed E-state index contributed by atoms with van der Waals surface area (Å²) < 4.78 is 13.3. The first-order chi connectivity index (χ1) is 21.2. The van der Waals surface area contributed by atoms with Crippen molar-refractivity contribution in [2.24, 2.45) is 0 Å². The van der Waals surface area contributed by atoms with Gasteiger partial charge in [0.1, 0.15) is 17.6 Å². The molecule has 224 valence electrons. The first-order valence-corrected chi connectivity index (χ1v) is 15.0. The molecule has 0 radical (unpaired) electrons. The number of para-hydroxylation sites is 3. The van der Waals surface area contributed by atoms with Crippen LogP contribution >= 0.6 is 31.9 Å². The monoisotopic (exact) mass is 718 g/mol. The summed E-state index contributed by atoms with van der Waals surface area (Å²) in [5, 5.41) is 25.5. The highest BCUT2D eigenvalue weighted by molar-refractivity contribution is 9.11. The van der Waals surface area contributed by atoms with Crippen molar-refractivity contribution in [2.75, 3.05) is 16.4 Å². The zero-order valence-corrected chi connectivity index (χ0v) is 26.4.